The zero-order chi connectivity index (χ0) is 22.1. The third kappa shape index (κ3) is 4.37. The highest BCUT2D eigenvalue weighted by molar-refractivity contribution is 7.16. The van der Waals surface area contributed by atoms with E-state index in [4.69, 9.17) is 4.42 Å². The zero-order valence-electron chi connectivity index (χ0n) is 17.9. The van der Waals surface area contributed by atoms with Gasteiger partial charge in [0, 0.05) is 36.0 Å². The first kappa shape index (κ1) is 20.7. The fourth-order valence-corrected chi connectivity index (χ4v) is 4.16. The first-order valence-electron chi connectivity index (χ1n) is 10.6. The Kier molecular flexibility index (Phi) is 5.40. The van der Waals surface area contributed by atoms with Crippen LogP contribution in [-0.4, -0.2) is 44.5 Å². The number of rotatable bonds is 9. The van der Waals surface area contributed by atoms with E-state index in [1.165, 1.54) is 0 Å². The van der Waals surface area contributed by atoms with Gasteiger partial charge in [0.1, 0.15) is 5.82 Å². The van der Waals surface area contributed by atoms with Crippen molar-refractivity contribution in [1.29, 1.82) is 0 Å². The number of aromatic nitrogens is 4. The standard InChI is InChI=1S/C22H25N7O2S/c1-13(2)26-17-8-19(27-14-3-4-16-18(7-14)32-12-25-16)23-9-15(17)20-28-29-21(31-20)24-10-22(11-30)5-6-22/h3-4,7-9,12-13,30H,5-6,10-11H2,1-2H3,(H,24,29)(H2,23,26,27). The molecule has 0 unspecified atom stereocenters. The maximum absolute atomic E-state index is 9.48. The van der Waals surface area contributed by atoms with E-state index < -0.39 is 0 Å². The van der Waals surface area contributed by atoms with Crippen LogP contribution in [0.3, 0.4) is 0 Å². The van der Waals surface area contributed by atoms with Gasteiger partial charge in [-0.3, -0.25) is 0 Å². The monoisotopic (exact) mass is 451 g/mol. The highest BCUT2D eigenvalue weighted by Crippen LogP contribution is 2.45. The molecule has 9 nitrogen and oxygen atoms in total. The molecule has 3 heterocycles. The third-order valence-corrected chi connectivity index (χ3v) is 6.31. The van der Waals surface area contributed by atoms with Crippen LogP contribution in [0.2, 0.25) is 0 Å². The van der Waals surface area contributed by atoms with Crippen LogP contribution in [0, 0.1) is 5.41 Å². The summed E-state index contributed by atoms with van der Waals surface area (Å²) in [4.78, 5) is 8.88. The van der Waals surface area contributed by atoms with E-state index in [0.717, 1.165) is 40.0 Å². The minimum absolute atomic E-state index is 0.0456. The van der Waals surface area contributed by atoms with E-state index in [1.54, 1.807) is 17.5 Å². The topological polar surface area (TPSA) is 121 Å². The summed E-state index contributed by atoms with van der Waals surface area (Å²) >= 11 is 1.61. The summed E-state index contributed by atoms with van der Waals surface area (Å²) in [6, 6.07) is 8.53. The number of aliphatic hydroxyl groups is 1. The normalized spacial score (nSPS) is 14.6. The molecule has 0 amide bonds. The van der Waals surface area contributed by atoms with Gasteiger partial charge in [0.2, 0.25) is 0 Å². The highest BCUT2D eigenvalue weighted by atomic mass is 32.1. The summed E-state index contributed by atoms with van der Waals surface area (Å²) < 4.78 is 6.95. The largest absolute Gasteiger partial charge is 0.403 e. The van der Waals surface area contributed by atoms with Crippen molar-refractivity contribution in [2.75, 3.05) is 29.1 Å². The number of thiazole rings is 1. The molecular formula is C22H25N7O2S. The molecule has 0 saturated heterocycles. The lowest BCUT2D eigenvalue weighted by Crippen LogP contribution is -2.19. The summed E-state index contributed by atoms with van der Waals surface area (Å²) in [5.41, 5.74) is 5.30. The predicted molar refractivity (Wildman–Crippen MR) is 126 cm³/mol. The average Bonchev–Trinajstić information content (AvgIpc) is 3.17. The molecule has 0 bridgehead atoms. The minimum Gasteiger partial charge on any atom is -0.403 e. The Bertz CT molecular complexity index is 1230. The number of anilines is 4. The number of hydrogen-bond donors (Lipinski definition) is 4. The second kappa shape index (κ2) is 8.36. The number of benzene rings is 1. The lowest BCUT2D eigenvalue weighted by atomic mass is 10.1. The Morgan fingerprint density at radius 3 is 2.84 bits per heavy atom. The average molecular weight is 452 g/mol. The van der Waals surface area contributed by atoms with Gasteiger partial charge in [-0.25, -0.2) is 9.97 Å². The molecule has 166 valence electrons. The summed E-state index contributed by atoms with van der Waals surface area (Å²) in [6.45, 7) is 4.92. The molecule has 1 aromatic carbocycles. The van der Waals surface area contributed by atoms with Crippen LogP contribution in [0.25, 0.3) is 21.7 Å². The van der Waals surface area contributed by atoms with Crippen LogP contribution >= 0.6 is 11.3 Å². The molecule has 0 aliphatic heterocycles. The summed E-state index contributed by atoms with van der Waals surface area (Å²) in [6.07, 6.45) is 3.74. The lowest BCUT2D eigenvalue weighted by molar-refractivity contribution is 0.219. The molecule has 0 spiro atoms. The molecular weight excluding hydrogens is 426 g/mol. The fourth-order valence-electron chi connectivity index (χ4n) is 3.44. The molecule has 4 N–H and O–H groups in total. The van der Waals surface area contributed by atoms with E-state index in [0.29, 0.717) is 24.3 Å². The van der Waals surface area contributed by atoms with Crippen molar-refractivity contribution in [1.82, 2.24) is 20.2 Å². The molecule has 1 saturated carbocycles. The molecule has 0 radical (unpaired) electrons. The van der Waals surface area contributed by atoms with Gasteiger partial charge < -0.3 is 25.5 Å². The number of aliphatic hydroxyl groups excluding tert-OH is 1. The van der Waals surface area contributed by atoms with Crippen LogP contribution in [-0.2, 0) is 0 Å². The fraction of sp³-hybridized carbons (Fsp3) is 0.364. The Morgan fingerprint density at radius 1 is 1.19 bits per heavy atom. The van der Waals surface area contributed by atoms with Crippen molar-refractivity contribution < 1.29 is 9.52 Å². The second-order valence-corrected chi connectivity index (χ2v) is 9.38. The van der Waals surface area contributed by atoms with Gasteiger partial charge in [0.25, 0.3) is 5.89 Å². The van der Waals surface area contributed by atoms with Crippen molar-refractivity contribution >= 4 is 44.8 Å². The number of hydrogen-bond acceptors (Lipinski definition) is 10. The van der Waals surface area contributed by atoms with Crippen molar-refractivity contribution in [3.05, 3.63) is 36.0 Å². The van der Waals surface area contributed by atoms with Gasteiger partial charge in [-0.15, -0.1) is 16.4 Å². The summed E-state index contributed by atoms with van der Waals surface area (Å²) in [7, 11) is 0. The number of pyridine rings is 1. The van der Waals surface area contributed by atoms with Gasteiger partial charge in [-0.2, -0.15) is 0 Å². The van der Waals surface area contributed by atoms with E-state index in [1.807, 2.05) is 23.7 Å². The maximum atomic E-state index is 9.48. The third-order valence-electron chi connectivity index (χ3n) is 5.51. The molecule has 32 heavy (non-hydrogen) atoms. The van der Waals surface area contributed by atoms with E-state index >= 15 is 0 Å². The van der Waals surface area contributed by atoms with Crippen LogP contribution in [0.1, 0.15) is 26.7 Å². The first-order valence-corrected chi connectivity index (χ1v) is 11.5. The Labute approximate surface area is 189 Å². The Balaban J connectivity index is 1.37. The van der Waals surface area contributed by atoms with Gasteiger partial charge >= 0.3 is 6.01 Å². The van der Waals surface area contributed by atoms with Crippen LogP contribution in [0.15, 0.2) is 40.4 Å². The van der Waals surface area contributed by atoms with Gasteiger partial charge in [-0.1, -0.05) is 5.10 Å². The summed E-state index contributed by atoms with van der Waals surface area (Å²) in [5, 5.41) is 27.7. The van der Waals surface area contributed by atoms with Crippen LogP contribution in [0.4, 0.5) is 23.2 Å². The van der Waals surface area contributed by atoms with Crippen molar-refractivity contribution in [2.45, 2.75) is 32.7 Å². The molecule has 4 aromatic rings. The first-order chi connectivity index (χ1) is 15.5. The van der Waals surface area contributed by atoms with Crippen LogP contribution in [0.5, 0.6) is 0 Å². The van der Waals surface area contributed by atoms with E-state index in [2.05, 4.69) is 56.0 Å². The molecule has 10 heteroatoms. The van der Waals surface area contributed by atoms with Crippen LogP contribution < -0.4 is 16.0 Å². The molecule has 1 fully saturated rings. The summed E-state index contributed by atoms with van der Waals surface area (Å²) in [5.74, 6) is 1.09. The molecule has 1 aliphatic rings. The Morgan fingerprint density at radius 2 is 2.06 bits per heavy atom. The number of nitrogens with zero attached hydrogens (tertiary/aromatic N) is 4. The van der Waals surface area contributed by atoms with Gasteiger partial charge in [0.15, 0.2) is 0 Å². The smallest absolute Gasteiger partial charge is 0.315 e. The molecule has 3 aromatic heterocycles. The molecule has 1 aliphatic carbocycles. The van der Waals surface area contributed by atoms with Gasteiger partial charge in [0.05, 0.1) is 33.6 Å². The number of fused-ring (bicyclic) bond motifs is 1. The maximum Gasteiger partial charge on any atom is 0.315 e. The second-order valence-electron chi connectivity index (χ2n) is 8.50. The van der Waals surface area contributed by atoms with Crippen molar-refractivity contribution in [3.63, 3.8) is 0 Å². The lowest BCUT2D eigenvalue weighted by Gasteiger charge is -2.15. The van der Waals surface area contributed by atoms with Crippen molar-refractivity contribution in [2.24, 2.45) is 5.41 Å². The van der Waals surface area contributed by atoms with E-state index in [-0.39, 0.29) is 18.1 Å². The SMILES string of the molecule is CC(C)Nc1cc(Nc2ccc3ncsc3c2)ncc1-c1nnc(NCC2(CO)CC2)o1. The molecule has 5 rings (SSSR count). The highest BCUT2D eigenvalue weighted by Gasteiger charge is 2.42. The quantitative estimate of drug-likeness (QED) is 0.292. The molecule has 0 atom stereocenters. The number of nitrogens with one attached hydrogen (secondary N) is 3. The predicted octanol–water partition coefficient (Wildman–Crippen LogP) is 4.49. The Hall–Kier alpha value is -3.24. The zero-order valence-corrected chi connectivity index (χ0v) is 18.7. The van der Waals surface area contributed by atoms with Gasteiger partial charge in [-0.05, 0) is 44.9 Å². The van der Waals surface area contributed by atoms with E-state index in [9.17, 15) is 5.11 Å². The minimum atomic E-state index is -0.0456. The van der Waals surface area contributed by atoms with Crippen molar-refractivity contribution in [3.8, 4) is 11.5 Å².